The van der Waals surface area contributed by atoms with E-state index in [2.05, 4.69) is 10.3 Å². The van der Waals surface area contributed by atoms with E-state index in [1.807, 2.05) is 6.07 Å². The Labute approximate surface area is 165 Å². The third-order valence-electron chi connectivity index (χ3n) is 4.37. The van der Waals surface area contributed by atoms with Crippen molar-refractivity contribution in [1.82, 2.24) is 15.0 Å². The van der Waals surface area contributed by atoms with Crippen molar-refractivity contribution in [2.75, 3.05) is 0 Å². The summed E-state index contributed by atoms with van der Waals surface area (Å²) in [5.41, 5.74) is 1.36. The highest BCUT2D eigenvalue weighted by atomic mass is 16.5. The number of nitrogens with zero attached hydrogens (tertiary/aromatic N) is 3. The molecule has 1 heterocycles. The summed E-state index contributed by atoms with van der Waals surface area (Å²) < 4.78 is 6.15. The molecule has 0 spiro atoms. The predicted molar refractivity (Wildman–Crippen MR) is 106 cm³/mol. The Kier molecular flexibility index (Phi) is 4.94. The summed E-state index contributed by atoms with van der Waals surface area (Å²) in [5, 5.41) is 8.10. The Bertz CT molecular complexity index is 1250. The fourth-order valence-corrected chi connectivity index (χ4v) is 2.82. The summed E-state index contributed by atoms with van der Waals surface area (Å²) in [5.74, 6) is -0.769. The minimum absolute atomic E-state index is 0.136. The first-order valence-corrected chi connectivity index (χ1v) is 8.83. The van der Waals surface area contributed by atoms with Crippen molar-refractivity contribution < 1.29 is 14.3 Å². The Morgan fingerprint density at radius 1 is 0.793 bits per heavy atom. The van der Waals surface area contributed by atoms with Gasteiger partial charge < -0.3 is 4.74 Å². The van der Waals surface area contributed by atoms with Gasteiger partial charge in [0.05, 0.1) is 10.9 Å². The van der Waals surface area contributed by atoms with Gasteiger partial charge in [0.15, 0.2) is 12.5 Å². The molecule has 0 aliphatic rings. The summed E-state index contributed by atoms with van der Waals surface area (Å²) in [7, 11) is 0. The summed E-state index contributed by atoms with van der Waals surface area (Å²) in [6.45, 7) is -0.361. The summed E-state index contributed by atoms with van der Waals surface area (Å²) in [6, 6.07) is 21.8. The molecule has 0 amide bonds. The molecule has 0 bridgehead atoms. The number of hydrogen-bond donors (Lipinski definition) is 0. The summed E-state index contributed by atoms with van der Waals surface area (Å²) >= 11 is 0. The van der Waals surface area contributed by atoms with Gasteiger partial charge in [-0.15, -0.1) is 5.10 Å². The van der Waals surface area contributed by atoms with Gasteiger partial charge in [0.1, 0.15) is 5.52 Å². The van der Waals surface area contributed by atoms with Crippen molar-refractivity contribution in [2.45, 2.75) is 6.73 Å². The average molecular weight is 385 g/mol. The second-order valence-corrected chi connectivity index (χ2v) is 6.24. The molecule has 3 aromatic carbocycles. The van der Waals surface area contributed by atoms with Crippen LogP contribution >= 0.6 is 0 Å². The second kappa shape index (κ2) is 7.85. The molecule has 4 aromatic rings. The van der Waals surface area contributed by atoms with Crippen LogP contribution in [-0.4, -0.2) is 26.7 Å². The van der Waals surface area contributed by atoms with E-state index in [4.69, 9.17) is 4.74 Å². The fraction of sp³-hybridized carbons (Fsp3) is 0.0455. The Balaban J connectivity index is 1.46. The molecule has 0 atom stereocenters. The molecule has 0 unspecified atom stereocenters. The number of hydrogen-bond acceptors (Lipinski definition) is 6. The van der Waals surface area contributed by atoms with Crippen molar-refractivity contribution in [1.29, 1.82) is 0 Å². The lowest BCUT2D eigenvalue weighted by Crippen LogP contribution is -2.26. The lowest BCUT2D eigenvalue weighted by Gasteiger charge is -2.07. The van der Waals surface area contributed by atoms with E-state index in [-0.39, 0.29) is 18.1 Å². The van der Waals surface area contributed by atoms with Crippen molar-refractivity contribution in [3.63, 3.8) is 0 Å². The number of rotatable bonds is 5. The second-order valence-electron chi connectivity index (χ2n) is 6.24. The standard InChI is InChI=1S/C22H15N3O4/c26-20(15-6-2-1-3-7-15)16-10-12-17(13-11-16)22(28)29-14-25-21(27)18-8-4-5-9-19(18)23-24-25/h1-13H,14H2. The Hall–Kier alpha value is -4.13. The molecular weight excluding hydrogens is 370 g/mol. The molecule has 0 radical (unpaired) electrons. The van der Waals surface area contributed by atoms with Crippen LogP contribution in [0, 0.1) is 0 Å². The maximum atomic E-state index is 12.4. The highest BCUT2D eigenvalue weighted by Crippen LogP contribution is 2.12. The number of fused-ring (bicyclic) bond motifs is 1. The van der Waals surface area contributed by atoms with E-state index >= 15 is 0 Å². The summed E-state index contributed by atoms with van der Waals surface area (Å²) in [6.07, 6.45) is 0. The molecule has 0 aliphatic heterocycles. The zero-order valence-electron chi connectivity index (χ0n) is 15.2. The van der Waals surface area contributed by atoms with Gasteiger partial charge in [-0.3, -0.25) is 9.59 Å². The number of esters is 1. The minimum atomic E-state index is -0.634. The van der Waals surface area contributed by atoms with E-state index in [1.54, 1.807) is 60.7 Å². The maximum Gasteiger partial charge on any atom is 0.339 e. The van der Waals surface area contributed by atoms with Crippen LogP contribution in [0.3, 0.4) is 0 Å². The zero-order chi connectivity index (χ0) is 20.2. The predicted octanol–water partition coefficient (Wildman–Crippen LogP) is 2.84. The lowest BCUT2D eigenvalue weighted by molar-refractivity contribution is 0.0336. The van der Waals surface area contributed by atoms with Crippen LogP contribution < -0.4 is 5.56 Å². The first kappa shape index (κ1) is 18.2. The van der Waals surface area contributed by atoms with Gasteiger partial charge in [-0.05, 0) is 24.3 Å². The summed E-state index contributed by atoms with van der Waals surface area (Å²) in [4.78, 5) is 37.1. The van der Waals surface area contributed by atoms with Gasteiger partial charge in [-0.25, -0.2) is 4.79 Å². The number of ketones is 1. The van der Waals surface area contributed by atoms with Crippen LogP contribution in [0.2, 0.25) is 0 Å². The Morgan fingerprint density at radius 3 is 2.17 bits per heavy atom. The van der Waals surface area contributed by atoms with E-state index < -0.39 is 11.5 Å². The topological polar surface area (TPSA) is 91.2 Å². The molecule has 0 aliphatic carbocycles. The van der Waals surface area contributed by atoms with E-state index in [0.717, 1.165) is 4.68 Å². The quantitative estimate of drug-likeness (QED) is 0.388. The van der Waals surface area contributed by atoms with E-state index in [0.29, 0.717) is 22.0 Å². The number of aromatic nitrogens is 3. The van der Waals surface area contributed by atoms with Crippen LogP contribution in [0.5, 0.6) is 0 Å². The molecule has 142 valence electrons. The Morgan fingerprint density at radius 2 is 1.41 bits per heavy atom. The number of ether oxygens (including phenoxy) is 1. The first-order chi connectivity index (χ1) is 14.1. The zero-order valence-corrected chi connectivity index (χ0v) is 15.2. The van der Waals surface area contributed by atoms with Gasteiger partial charge >= 0.3 is 5.97 Å². The molecular formula is C22H15N3O4. The normalized spacial score (nSPS) is 10.6. The molecule has 1 aromatic heterocycles. The number of benzene rings is 3. The van der Waals surface area contributed by atoms with Crippen LogP contribution in [0.25, 0.3) is 10.9 Å². The van der Waals surface area contributed by atoms with E-state index in [9.17, 15) is 14.4 Å². The van der Waals surface area contributed by atoms with Gasteiger partial charge in [-0.2, -0.15) is 4.68 Å². The fourth-order valence-electron chi connectivity index (χ4n) is 2.82. The highest BCUT2D eigenvalue weighted by molar-refractivity contribution is 6.09. The van der Waals surface area contributed by atoms with Crippen LogP contribution in [0.1, 0.15) is 26.3 Å². The largest absolute Gasteiger partial charge is 0.439 e. The van der Waals surface area contributed by atoms with Crippen molar-refractivity contribution in [2.24, 2.45) is 0 Å². The molecule has 0 saturated heterocycles. The van der Waals surface area contributed by atoms with Gasteiger partial charge in [0.25, 0.3) is 5.56 Å². The van der Waals surface area contributed by atoms with Crippen LogP contribution in [0.4, 0.5) is 0 Å². The third-order valence-corrected chi connectivity index (χ3v) is 4.37. The number of carbonyl (C=O) groups excluding carboxylic acids is 2. The molecule has 0 fully saturated rings. The molecule has 29 heavy (non-hydrogen) atoms. The third kappa shape index (κ3) is 3.79. The molecule has 0 N–H and O–H groups in total. The van der Waals surface area contributed by atoms with Gasteiger partial charge in [-0.1, -0.05) is 59.8 Å². The monoisotopic (exact) mass is 385 g/mol. The van der Waals surface area contributed by atoms with Gasteiger partial charge in [0.2, 0.25) is 0 Å². The molecule has 7 heteroatoms. The van der Waals surface area contributed by atoms with Crippen molar-refractivity contribution in [3.05, 3.63) is 106 Å². The van der Waals surface area contributed by atoms with Crippen LogP contribution in [-0.2, 0) is 11.5 Å². The van der Waals surface area contributed by atoms with Crippen molar-refractivity contribution in [3.8, 4) is 0 Å². The van der Waals surface area contributed by atoms with Crippen molar-refractivity contribution >= 4 is 22.7 Å². The maximum absolute atomic E-state index is 12.4. The number of carbonyl (C=O) groups is 2. The molecule has 0 saturated carbocycles. The van der Waals surface area contributed by atoms with Crippen LogP contribution in [0.15, 0.2) is 83.7 Å². The van der Waals surface area contributed by atoms with E-state index in [1.165, 1.54) is 12.1 Å². The first-order valence-electron chi connectivity index (χ1n) is 8.83. The lowest BCUT2D eigenvalue weighted by atomic mass is 10.0. The van der Waals surface area contributed by atoms with Gasteiger partial charge in [0, 0.05) is 11.1 Å². The smallest absolute Gasteiger partial charge is 0.339 e. The highest BCUT2D eigenvalue weighted by Gasteiger charge is 2.13. The average Bonchev–Trinajstić information content (AvgIpc) is 2.79. The molecule has 4 rings (SSSR count). The molecule has 7 nitrogen and oxygen atoms in total. The minimum Gasteiger partial charge on any atom is -0.439 e. The SMILES string of the molecule is O=C(OCn1nnc2ccccc2c1=O)c1ccc(C(=O)c2ccccc2)cc1.